The second kappa shape index (κ2) is 14.6. The predicted molar refractivity (Wildman–Crippen MR) is 178 cm³/mol. The van der Waals surface area contributed by atoms with Crippen molar-refractivity contribution in [2.75, 3.05) is 46.0 Å². The van der Waals surface area contributed by atoms with Crippen LogP contribution in [-0.2, 0) is 11.3 Å². The summed E-state index contributed by atoms with van der Waals surface area (Å²) in [7, 11) is 3.85. The van der Waals surface area contributed by atoms with Crippen molar-refractivity contribution in [2.24, 2.45) is 10.7 Å². The van der Waals surface area contributed by atoms with Gasteiger partial charge in [-0.3, -0.25) is 14.7 Å². The van der Waals surface area contributed by atoms with Gasteiger partial charge in [0.05, 0.1) is 24.3 Å². The molecule has 1 aliphatic heterocycles. The van der Waals surface area contributed by atoms with Gasteiger partial charge >= 0.3 is 0 Å². The number of carbonyl (C=O) groups excluding carboxylic acids is 1. The monoisotopic (exact) mass is 595 g/mol. The minimum absolute atomic E-state index is 0.0717. The van der Waals surface area contributed by atoms with Gasteiger partial charge in [0.2, 0.25) is 0 Å². The van der Waals surface area contributed by atoms with Crippen molar-refractivity contribution in [3.05, 3.63) is 89.2 Å². The highest BCUT2D eigenvalue weighted by molar-refractivity contribution is 6.10. The molecule has 1 aliphatic carbocycles. The number of hydrogen-bond donors (Lipinski definition) is 3. The lowest BCUT2D eigenvalue weighted by atomic mass is 9.99. The molecule has 0 bridgehead atoms. The third-order valence-corrected chi connectivity index (χ3v) is 8.94. The molecule has 1 unspecified atom stereocenters. The topological polar surface area (TPSA) is 122 Å². The Bertz CT molecular complexity index is 1460. The van der Waals surface area contributed by atoms with E-state index in [0.717, 1.165) is 51.0 Å². The number of pyridine rings is 1. The summed E-state index contributed by atoms with van der Waals surface area (Å²) in [5, 5.41) is 3.13. The van der Waals surface area contributed by atoms with Gasteiger partial charge in [-0.2, -0.15) is 0 Å². The Hall–Kier alpha value is -4.05. The lowest BCUT2D eigenvalue weighted by Crippen LogP contribution is -2.45. The summed E-state index contributed by atoms with van der Waals surface area (Å²) in [6.07, 6.45) is 7.29. The highest BCUT2D eigenvalue weighted by Crippen LogP contribution is 2.28. The standard InChI is InChI=1S/C35H45N7O2/c1-24(42-17-15-41(3)16-18-42)26-11-13-28(14-12-26)27-9-7-25(8-10-27)23-44-33-6-4-5-32(33)40-35(43)31-19-29(22-39-34(31)37)30(20-36)21-38-2/h7-14,19-22,24,32-33H,4-6,15-18,23,36H2,1-3H3,(H2,37,39)(H,40,43)/t24?,32-,33-/m0/s1. The van der Waals surface area contributed by atoms with E-state index in [-0.39, 0.29) is 23.9 Å². The maximum absolute atomic E-state index is 13.2. The first kappa shape index (κ1) is 31.4. The Kier molecular flexibility index (Phi) is 10.4. The summed E-state index contributed by atoms with van der Waals surface area (Å²) >= 11 is 0. The number of aromatic nitrogens is 1. The van der Waals surface area contributed by atoms with Crippen LogP contribution in [0.1, 0.15) is 59.3 Å². The maximum Gasteiger partial charge on any atom is 0.255 e. The van der Waals surface area contributed by atoms with Crippen LogP contribution in [0.2, 0.25) is 0 Å². The number of aliphatic imine (C=N–C) groups is 1. The highest BCUT2D eigenvalue weighted by atomic mass is 16.5. The van der Waals surface area contributed by atoms with Gasteiger partial charge in [-0.15, -0.1) is 0 Å². The molecule has 3 atom stereocenters. The molecule has 1 saturated carbocycles. The van der Waals surface area contributed by atoms with E-state index in [1.807, 2.05) is 0 Å². The quantitative estimate of drug-likeness (QED) is 0.295. The molecule has 0 radical (unpaired) electrons. The molecule has 5 N–H and O–H groups in total. The first-order chi connectivity index (χ1) is 21.4. The minimum Gasteiger partial charge on any atom is -0.404 e. The fraction of sp³-hybridized carbons (Fsp3) is 0.400. The predicted octanol–water partition coefficient (Wildman–Crippen LogP) is 4.51. The smallest absolute Gasteiger partial charge is 0.255 e. The van der Waals surface area contributed by atoms with Crippen molar-refractivity contribution in [2.45, 2.75) is 51.0 Å². The molecule has 44 heavy (non-hydrogen) atoms. The van der Waals surface area contributed by atoms with Crippen LogP contribution >= 0.6 is 0 Å². The molecular weight excluding hydrogens is 550 g/mol. The number of benzene rings is 2. The third-order valence-electron chi connectivity index (χ3n) is 8.94. The summed E-state index contributed by atoms with van der Waals surface area (Å²) < 4.78 is 6.32. The van der Waals surface area contributed by atoms with E-state index in [0.29, 0.717) is 29.3 Å². The maximum atomic E-state index is 13.2. The highest BCUT2D eigenvalue weighted by Gasteiger charge is 2.30. The van der Waals surface area contributed by atoms with Crippen molar-refractivity contribution < 1.29 is 9.53 Å². The van der Waals surface area contributed by atoms with E-state index in [2.05, 4.69) is 87.6 Å². The van der Waals surface area contributed by atoms with Crippen molar-refractivity contribution in [3.8, 4) is 11.1 Å². The number of nitrogens with one attached hydrogen (secondary N) is 1. The van der Waals surface area contributed by atoms with Crippen molar-refractivity contribution in [1.82, 2.24) is 20.1 Å². The number of carbonyl (C=O) groups is 1. The van der Waals surface area contributed by atoms with Crippen molar-refractivity contribution >= 4 is 23.5 Å². The van der Waals surface area contributed by atoms with E-state index < -0.39 is 0 Å². The number of piperazine rings is 1. The molecule has 2 heterocycles. The number of allylic oxidation sites excluding steroid dienone is 1. The van der Waals surface area contributed by atoms with Gasteiger partial charge < -0.3 is 26.4 Å². The lowest BCUT2D eigenvalue weighted by molar-refractivity contribution is 0.0272. The van der Waals surface area contributed by atoms with Crippen LogP contribution in [0, 0.1) is 0 Å². The number of nitrogens with zero attached hydrogens (tertiary/aromatic N) is 4. The third kappa shape index (κ3) is 7.53. The van der Waals surface area contributed by atoms with Gasteiger partial charge in [-0.1, -0.05) is 48.5 Å². The molecule has 1 aromatic heterocycles. The molecule has 9 heteroatoms. The molecule has 232 valence electrons. The van der Waals surface area contributed by atoms with Gasteiger partial charge in [0.15, 0.2) is 0 Å². The number of nitrogens with two attached hydrogens (primary N) is 2. The molecule has 2 fully saturated rings. The van der Waals surface area contributed by atoms with Gasteiger partial charge in [-0.25, -0.2) is 4.98 Å². The van der Waals surface area contributed by atoms with E-state index >= 15 is 0 Å². The van der Waals surface area contributed by atoms with E-state index in [9.17, 15) is 4.79 Å². The number of rotatable bonds is 10. The average molecular weight is 596 g/mol. The molecule has 2 aliphatic rings. The van der Waals surface area contributed by atoms with Crippen LogP contribution in [0.5, 0.6) is 0 Å². The van der Waals surface area contributed by atoms with Gasteiger partial charge in [0.25, 0.3) is 5.91 Å². The number of anilines is 1. The van der Waals surface area contributed by atoms with Crippen LogP contribution in [0.3, 0.4) is 0 Å². The molecule has 1 saturated heterocycles. The first-order valence-corrected chi connectivity index (χ1v) is 15.5. The molecule has 0 spiro atoms. The largest absolute Gasteiger partial charge is 0.404 e. The average Bonchev–Trinajstić information content (AvgIpc) is 3.50. The summed E-state index contributed by atoms with van der Waals surface area (Å²) in [6.45, 7) is 7.26. The van der Waals surface area contributed by atoms with Crippen LogP contribution < -0.4 is 16.8 Å². The lowest BCUT2D eigenvalue weighted by Gasteiger charge is -2.36. The molecule has 5 rings (SSSR count). The zero-order chi connectivity index (χ0) is 31.1. The number of amides is 1. The zero-order valence-electron chi connectivity index (χ0n) is 26.1. The van der Waals surface area contributed by atoms with E-state index in [1.54, 1.807) is 25.5 Å². The zero-order valence-corrected chi connectivity index (χ0v) is 26.1. The number of ether oxygens (including phenoxy) is 1. The molecule has 3 aromatic rings. The Morgan fingerprint density at radius 3 is 2.43 bits per heavy atom. The van der Waals surface area contributed by atoms with Gasteiger partial charge in [0, 0.05) is 69.0 Å². The Balaban J connectivity index is 1.15. The van der Waals surface area contributed by atoms with Crippen LogP contribution in [0.4, 0.5) is 5.82 Å². The Morgan fingerprint density at radius 1 is 1.09 bits per heavy atom. The minimum atomic E-state index is -0.268. The van der Waals surface area contributed by atoms with Gasteiger partial charge in [0.1, 0.15) is 5.82 Å². The number of likely N-dealkylation sites (N-methyl/N-ethyl adjacent to an activating group) is 1. The van der Waals surface area contributed by atoms with Crippen LogP contribution in [0.15, 0.2) is 72.0 Å². The van der Waals surface area contributed by atoms with Crippen LogP contribution in [0.25, 0.3) is 16.7 Å². The Labute approximate surface area is 261 Å². The van der Waals surface area contributed by atoms with E-state index in [4.69, 9.17) is 16.2 Å². The molecule has 1 amide bonds. The SMILES string of the molecule is CN=CC(=CN)c1cnc(N)c(C(=O)N[C@H]2CCC[C@@H]2OCc2ccc(-c3ccc(C(C)N4CCN(C)CC4)cc3)cc2)c1. The summed E-state index contributed by atoms with van der Waals surface area (Å²) in [4.78, 5) is 26.4. The first-order valence-electron chi connectivity index (χ1n) is 15.5. The molecule has 2 aromatic carbocycles. The second-order valence-electron chi connectivity index (χ2n) is 11.9. The summed E-state index contributed by atoms with van der Waals surface area (Å²) in [5.41, 5.74) is 18.3. The Morgan fingerprint density at radius 2 is 1.77 bits per heavy atom. The second-order valence-corrected chi connectivity index (χ2v) is 11.9. The van der Waals surface area contributed by atoms with E-state index in [1.165, 1.54) is 22.9 Å². The molecular formula is C35H45N7O2. The fourth-order valence-electron chi connectivity index (χ4n) is 6.08. The van der Waals surface area contributed by atoms with Crippen molar-refractivity contribution in [3.63, 3.8) is 0 Å². The number of nitrogen functional groups attached to an aromatic ring is 1. The van der Waals surface area contributed by atoms with Gasteiger partial charge in [-0.05, 0) is 61.6 Å². The molecule has 9 nitrogen and oxygen atoms in total. The summed E-state index contributed by atoms with van der Waals surface area (Å²) in [6, 6.07) is 19.5. The fourth-order valence-corrected chi connectivity index (χ4v) is 6.08. The summed E-state index contributed by atoms with van der Waals surface area (Å²) in [5.74, 6) is -0.0961. The van der Waals surface area contributed by atoms with Crippen molar-refractivity contribution in [1.29, 1.82) is 0 Å². The number of hydrogen-bond acceptors (Lipinski definition) is 8. The normalized spacial score (nSPS) is 20.7. The van der Waals surface area contributed by atoms with Crippen LogP contribution in [-0.4, -0.2) is 79.3 Å².